The van der Waals surface area contributed by atoms with E-state index in [2.05, 4.69) is 10.3 Å². The maximum Gasteiger partial charge on any atom is 0.253 e. The summed E-state index contributed by atoms with van der Waals surface area (Å²) in [5, 5.41) is 3.09. The highest BCUT2D eigenvalue weighted by atomic mass is 35.5. The van der Waals surface area contributed by atoms with E-state index in [1.54, 1.807) is 18.4 Å². The number of halogens is 2. The van der Waals surface area contributed by atoms with E-state index in [4.69, 9.17) is 10.2 Å². The Hall–Kier alpha value is -1.56. The van der Waals surface area contributed by atoms with Crippen LogP contribution < -0.4 is 11.1 Å². The molecule has 24 heavy (non-hydrogen) atoms. The van der Waals surface area contributed by atoms with E-state index in [9.17, 15) is 4.79 Å². The maximum atomic E-state index is 12.5. The van der Waals surface area contributed by atoms with Gasteiger partial charge in [0, 0.05) is 6.54 Å². The van der Waals surface area contributed by atoms with Gasteiger partial charge in [0.15, 0.2) is 5.76 Å². The van der Waals surface area contributed by atoms with Crippen molar-refractivity contribution in [1.29, 1.82) is 0 Å². The Morgan fingerprint density at radius 2 is 2.08 bits per heavy atom. The summed E-state index contributed by atoms with van der Waals surface area (Å²) in [4.78, 5) is 17.0. The summed E-state index contributed by atoms with van der Waals surface area (Å²) in [7, 11) is 0. The van der Waals surface area contributed by atoms with Crippen LogP contribution >= 0.6 is 24.8 Å². The second-order valence-electron chi connectivity index (χ2n) is 6.16. The number of rotatable bonds is 5. The third-order valence-corrected chi connectivity index (χ3v) is 4.41. The van der Waals surface area contributed by atoms with E-state index in [-0.39, 0.29) is 36.3 Å². The molecule has 1 aliphatic rings. The van der Waals surface area contributed by atoms with Crippen LogP contribution in [0.3, 0.4) is 0 Å². The molecule has 0 spiro atoms. The minimum Gasteiger partial charge on any atom is -0.463 e. The maximum absolute atomic E-state index is 12.5. The lowest BCUT2D eigenvalue weighted by Crippen LogP contribution is -2.53. The highest BCUT2D eigenvalue weighted by Crippen LogP contribution is 2.39. The van der Waals surface area contributed by atoms with Gasteiger partial charge in [-0.2, -0.15) is 0 Å². The van der Waals surface area contributed by atoms with Crippen LogP contribution in [0.4, 0.5) is 0 Å². The highest BCUT2D eigenvalue weighted by Gasteiger charge is 2.41. The number of furan rings is 1. The van der Waals surface area contributed by atoms with Crippen LogP contribution in [0, 0.1) is 12.8 Å². The normalized spacial score (nSPS) is 15.6. The molecule has 2 heterocycles. The van der Waals surface area contributed by atoms with Crippen LogP contribution in [0.5, 0.6) is 0 Å². The second-order valence-corrected chi connectivity index (χ2v) is 6.16. The molecule has 1 fully saturated rings. The van der Waals surface area contributed by atoms with Crippen molar-refractivity contribution >= 4 is 30.7 Å². The SMILES string of the molecule is Cc1nc(-c2ccco2)ccc1C(=O)NC(C)(CN)C1CC1.Cl.Cl. The summed E-state index contributed by atoms with van der Waals surface area (Å²) in [5.41, 5.74) is 7.51. The number of nitrogens with one attached hydrogen (secondary N) is 1. The van der Waals surface area contributed by atoms with Crippen LogP contribution in [0.25, 0.3) is 11.5 Å². The molecule has 0 radical (unpaired) electrons. The summed E-state index contributed by atoms with van der Waals surface area (Å²) in [5.74, 6) is 1.06. The third-order valence-electron chi connectivity index (χ3n) is 4.41. The van der Waals surface area contributed by atoms with Gasteiger partial charge >= 0.3 is 0 Å². The van der Waals surface area contributed by atoms with Crippen LogP contribution in [-0.4, -0.2) is 23.0 Å². The number of amides is 1. The number of nitrogens with zero attached hydrogens (tertiary/aromatic N) is 1. The van der Waals surface area contributed by atoms with E-state index in [0.717, 1.165) is 18.5 Å². The van der Waals surface area contributed by atoms with Crippen molar-refractivity contribution < 1.29 is 9.21 Å². The van der Waals surface area contributed by atoms with Gasteiger partial charge in [-0.25, -0.2) is 4.98 Å². The fraction of sp³-hybridized carbons (Fsp3) is 0.412. The topological polar surface area (TPSA) is 81.2 Å². The molecular weight excluding hydrogens is 349 g/mol. The monoisotopic (exact) mass is 371 g/mol. The van der Waals surface area contributed by atoms with Crippen LogP contribution in [0.2, 0.25) is 0 Å². The van der Waals surface area contributed by atoms with E-state index >= 15 is 0 Å². The zero-order chi connectivity index (χ0) is 15.7. The number of pyridine rings is 1. The van der Waals surface area contributed by atoms with Crippen molar-refractivity contribution in [3.8, 4) is 11.5 Å². The first-order valence-corrected chi connectivity index (χ1v) is 7.57. The number of hydrogen-bond acceptors (Lipinski definition) is 4. The molecule has 1 unspecified atom stereocenters. The molecule has 3 rings (SSSR count). The molecule has 3 N–H and O–H groups in total. The molecule has 1 atom stereocenters. The van der Waals surface area contributed by atoms with Gasteiger partial charge in [0.2, 0.25) is 0 Å². The average molecular weight is 372 g/mol. The lowest BCUT2D eigenvalue weighted by Gasteiger charge is -2.29. The minimum atomic E-state index is -0.330. The Morgan fingerprint density at radius 3 is 2.58 bits per heavy atom. The van der Waals surface area contributed by atoms with Crippen molar-refractivity contribution in [2.24, 2.45) is 11.7 Å². The molecule has 0 aliphatic heterocycles. The van der Waals surface area contributed by atoms with Gasteiger partial charge < -0.3 is 15.5 Å². The molecule has 2 aromatic heterocycles. The zero-order valence-electron chi connectivity index (χ0n) is 13.7. The Kier molecular flexibility index (Phi) is 6.84. The Bertz CT molecular complexity index is 687. The smallest absolute Gasteiger partial charge is 0.253 e. The molecule has 5 nitrogen and oxygen atoms in total. The summed E-state index contributed by atoms with van der Waals surface area (Å²) in [6.45, 7) is 4.29. The number of hydrogen-bond donors (Lipinski definition) is 2. The first-order valence-electron chi connectivity index (χ1n) is 7.57. The van der Waals surface area contributed by atoms with Crippen molar-refractivity contribution in [3.63, 3.8) is 0 Å². The van der Waals surface area contributed by atoms with Crippen molar-refractivity contribution in [3.05, 3.63) is 41.8 Å². The highest BCUT2D eigenvalue weighted by molar-refractivity contribution is 5.96. The molecule has 2 aromatic rings. The number of aromatic nitrogens is 1. The molecular formula is C17H23Cl2N3O2. The number of carbonyl (C=O) groups is 1. The first-order chi connectivity index (χ1) is 10.5. The standard InChI is InChI=1S/C17H21N3O2.2ClH/c1-11-13(7-8-14(19-11)15-4-3-9-22-15)16(21)20-17(2,10-18)12-5-6-12;;/h3-4,7-9,12H,5-6,10,18H2,1-2H3,(H,20,21);2*1H. The quantitative estimate of drug-likeness (QED) is 0.844. The summed E-state index contributed by atoms with van der Waals surface area (Å²) in [6.07, 6.45) is 3.86. The minimum absolute atomic E-state index is 0. The summed E-state index contributed by atoms with van der Waals surface area (Å²) < 4.78 is 5.33. The predicted octanol–water partition coefficient (Wildman–Crippen LogP) is 3.35. The van der Waals surface area contributed by atoms with Gasteiger partial charge in [-0.15, -0.1) is 24.8 Å². The molecule has 1 amide bonds. The molecule has 0 saturated heterocycles. The van der Waals surface area contributed by atoms with E-state index < -0.39 is 0 Å². The zero-order valence-corrected chi connectivity index (χ0v) is 15.4. The molecule has 0 bridgehead atoms. The van der Waals surface area contributed by atoms with Gasteiger partial charge in [0.25, 0.3) is 5.91 Å². The fourth-order valence-electron chi connectivity index (χ4n) is 2.73. The van der Waals surface area contributed by atoms with Crippen molar-refractivity contribution in [2.75, 3.05) is 6.54 Å². The van der Waals surface area contributed by atoms with Crippen molar-refractivity contribution in [1.82, 2.24) is 10.3 Å². The molecule has 0 aromatic carbocycles. The summed E-state index contributed by atoms with van der Waals surface area (Å²) >= 11 is 0. The van der Waals surface area contributed by atoms with Crippen LogP contribution in [0.1, 0.15) is 35.8 Å². The van der Waals surface area contributed by atoms with Gasteiger partial charge in [-0.3, -0.25) is 4.79 Å². The van der Waals surface area contributed by atoms with Gasteiger partial charge in [0.05, 0.1) is 23.1 Å². The van der Waals surface area contributed by atoms with E-state index in [1.807, 2.05) is 26.0 Å². The van der Waals surface area contributed by atoms with Gasteiger partial charge in [-0.05, 0) is 56.9 Å². The van der Waals surface area contributed by atoms with Gasteiger partial charge in [-0.1, -0.05) is 0 Å². The average Bonchev–Trinajstić information content (AvgIpc) is 3.23. The summed E-state index contributed by atoms with van der Waals surface area (Å²) in [6, 6.07) is 7.26. The number of nitrogens with two attached hydrogens (primary N) is 1. The number of carbonyl (C=O) groups excluding carboxylic acids is 1. The van der Waals surface area contributed by atoms with Crippen LogP contribution in [0.15, 0.2) is 34.9 Å². The van der Waals surface area contributed by atoms with Crippen LogP contribution in [-0.2, 0) is 0 Å². The fourth-order valence-corrected chi connectivity index (χ4v) is 2.73. The predicted molar refractivity (Wildman–Crippen MR) is 98.8 cm³/mol. The Labute approximate surface area is 154 Å². The Balaban J connectivity index is 0.00000144. The number of aryl methyl sites for hydroxylation is 1. The lowest BCUT2D eigenvalue weighted by molar-refractivity contribution is 0.0897. The lowest BCUT2D eigenvalue weighted by atomic mass is 9.95. The van der Waals surface area contributed by atoms with Crippen molar-refractivity contribution in [2.45, 2.75) is 32.2 Å². The largest absolute Gasteiger partial charge is 0.463 e. The third kappa shape index (κ3) is 4.09. The Morgan fingerprint density at radius 1 is 1.38 bits per heavy atom. The molecule has 1 aliphatic carbocycles. The van der Waals surface area contributed by atoms with E-state index in [0.29, 0.717) is 29.5 Å². The molecule has 7 heteroatoms. The molecule has 1 saturated carbocycles. The molecule has 132 valence electrons. The van der Waals surface area contributed by atoms with Gasteiger partial charge in [0.1, 0.15) is 5.69 Å². The second kappa shape index (κ2) is 8.01. The first kappa shape index (κ1) is 20.5. The van der Waals surface area contributed by atoms with E-state index in [1.165, 1.54) is 0 Å².